The molecule has 2 rings (SSSR count). The molecule has 2 aromatic rings. The van der Waals surface area contributed by atoms with E-state index in [0.717, 1.165) is 5.01 Å². The lowest BCUT2D eigenvalue weighted by molar-refractivity contribution is 0.102. The summed E-state index contributed by atoms with van der Waals surface area (Å²) in [5.41, 5.74) is 0.870. The first-order chi connectivity index (χ1) is 12.2. The minimum atomic E-state index is -3.64. The third-order valence-electron chi connectivity index (χ3n) is 3.93. The zero-order chi connectivity index (χ0) is 19.5. The van der Waals surface area contributed by atoms with Gasteiger partial charge in [0.1, 0.15) is 5.01 Å². The van der Waals surface area contributed by atoms with Crippen LogP contribution in [0.3, 0.4) is 0 Å². The summed E-state index contributed by atoms with van der Waals surface area (Å²) < 4.78 is 27.0. The van der Waals surface area contributed by atoms with Crippen molar-refractivity contribution in [1.82, 2.24) is 14.5 Å². The number of rotatable bonds is 7. The number of hydrogen-bond donors (Lipinski definition) is 1. The highest BCUT2D eigenvalue weighted by molar-refractivity contribution is 7.89. The average molecular weight is 397 g/mol. The minimum absolute atomic E-state index is 0.147. The third-order valence-corrected chi connectivity index (χ3v) is 7.26. The van der Waals surface area contributed by atoms with E-state index in [-0.39, 0.29) is 16.4 Å². The minimum Gasteiger partial charge on any atom is -0.296 e. The summed E-state index contributed by atoms with van der Waals surface area (Å²) in [5.74, 6) is -0.184. The Labute approximate surface area is 158 Å². The fraction of sp³-hybridized carbons (Fsp3) is 0.471. The van der Waals surface area contributed by atoms with Crippen molar-refractivity contribution in [3.05, 3.63) is 34.3 Å². The van der Waals surface area contributed by atoms with Gasteiger partial charge in [-0.25, -0.2) is 8.42 Å². The fourth-order valence-corrected chi connectivity index (χ4v) is 4.86. The van der Waals surface area contributed by atoms with E-state index < -0.39 is 15.9 Å². The smallest absolute Gasteiger partial charge is 0.257 e. The number of carbonyl (C=O) groups excluding carboxylic acids is 1. The van der Waals surface area contributed by atoms with Gasteiger partial charge in [-0.2, -0.15) is 4.31 Å². The zero-order valence-corrected chi connectivity index (χ0v) is 17.2. The molecular weight excluding hydrogens is 372 g/mol. The molecule has 1 aromatic heterocycles. The molecule has 0 atom stereocenters. The Kier molecular flexibility index (Phi) is 6.48. The molecule has 0 fully saturated rings. The van der Waals surface area contributed by atoms with Crippen molar-refractivity contribution in [3.63, 3.8) is 0 Å². The van der Waals surface area contributed by atoms with Crippen LogP contribution in [0.5, 0.6) is 0 Å². The molecule has 9 heteroatoms. The largest absolute Gasteiger partial charge is 0.296 e. The molecule has 1 N–H and O–H groups in total. The zero-order valence-electron chi connectivity index (χ0n) is 15.6. The lowest BCUT2D eigenvalue weighted by Crippen LogP contribution is -2.31. The first-order valence-electron chi connectivity index (χ1n) is 8.46. The average Bonchev–Trinajstić information content (AvgIpc) is 3.04. The number of carbonyl (C=O) groups is 1. The second-order valence-electron chi connectivity index (χ2n) is 6.12. The van der Waals surface area contributed by atoms with Crippen LogP contribution in [0.25, 0.3) is 0 Å². The van der Waals surface area contributed by atoms with Gasteiger partial charge in [0.2, 0.25) is 15.2 Å². The van der Waals surface area contributed by atoms with E-state index in [0.29, 0.717) is 23.8 Å². The van der Waals surface area contributed by atoms with Gasteiger partial charge in [-0.1, -0.05) is 45.1 Å². The third kappa shape index (κ3) is 4.28. The molecule has 0 aliphatic carbocycles. The van der Waals surface area contributed by atoms with Gasteiger partial charge in [0.05, 0.1) is 4.90 Å². The van der Waals surface area contributed by atoms with Crippen molar-refractivity contribution in [2.75, 3.05) is 18.4 Å². The molecule has 0 saturated carbocycles. The second kappa shape index (κ2) is 8.24. The highest BCUT2D eigenvalue weighted by atomic mass is 32.2. The molecular formula is C17H24N4O3S2. The summed E-state index contributed by atoms with van der Waals surface area (Å²) in [6.07, 6.45) is 0. The molecule has 142 valence electrons. The Hall–Kier alpha value is -1.84. The predicted molar refractivity (Wildman–Crippen MR) is 103 cm³/mol. The number of anilines is 1. The topological polar surface area (TPSA) is 92.3 Å². The van der Waals surface area contributed by atoms with Crippen molar-refractivity contribution >= 4 is 32.4 Å². The van der Waals surface area contributed by atoms with Crippen LogP contribution in [0.2, 0.25) is 0 Å². The lowest BCUT2D eigenvalue weighted by Gasteiger charge is -2.20. The Morgan fingerprint density at radius 3 is 2.42 bits per heavy atom. The molecule has 1 aromatic carbocycles. The van der Waals surface area contributed by atoms with Crippen molar-refractivity contribution in [2.24, 2.45) is 0 Å². The number of nitrogens with zero attached hydrogens (tertiary/aromatic N) is 3. The highest BCUT2D eigenvalue weighted by Gasteiger charge is 2.25. The van der Waals surface area contributed by atoms with Crippen molar-refractivity contribution in [1.29, 1.82) is 0 Å². The van der Waals surface area contributed by atoms with Crippen LogP contribution in [0, 0.1) is 6.92 Å². The molecule has 0 unspecified atom stereocenters. The Bertz CT molecular complexity index is 887. The number of nitrogens with one attached hydrogen (secondary N) is 1. The van der Waals surface area contributed by atoms with E-state index in [2.05, 4.69) is 15.5 Å². The Morgan fingerprint density at radius 2 is 1.88 bits per heavy atom. The van der Waals surface area contributed by atoms with Gasteiger partial charge >= 0.3 is 0 Å². The molecule has 0 bridgehead atoms. The molecule has 1 amide bonds. The summed E-state index contributed by atoms with van der Waals surface area (Å²) in [5, 5.41) is 11.9. The van der Waals surface area contributed by atoms with Gasteiger partial charge < -0.3 is 0 Å². The maximum Gasteiger partial charge on any atom is 0.257 e. The molecule has 26 heavy (non-hydrogen) atoms. The first-order valence-corrected chi connectivity index (χ1v) is 10.7. The summed E-state index contributed by atoms with van der Waals surface area (Å²) in [6.45, 7) is 10.0. The quantitative estimate of drug-likeness (QED) is 0.775. The molecule has 1 heterocycles. The predicted octanol–water partition coefficient (Wildman–Crippen LogP) is 3.25. The van der Waals surface area contributed by atoms with E-state index in [4.69, 9.17) is 0 Å². The molecule has 0 aliphatic rings. The first kappa shape index (κ1) is 20.5. The van der Waals surface area contributed by atoms with Crippen LogP contribution >= 0.6 is 11.3 Å². The van der Waals surface area contributed by atoms with Crippen LogP contribution in [0.15, 0.2) is 23.1 Å². The number of aromatic nitrogens is 2. The highest BCUT2D eigenvalue weighted by Crippen LogP contribution is 2.24. The van der Waals surface area contributed by atoms with E-state index in [1.807, 2.05) is 13.8 Å². The summed E-state index contributed by atoms with van der Waals surface area (Å²) in [4.78, 5) is 12.7. The van der Waals surface area contributed by atoms with Crippen LogP contribution in [0.4, 0.5) is 5.13 Å². The van der Waals surface area contributed by atoms with E-state index in [1.165, 1.54) is 21.7 Å². The number of amides is 1. The Balaban J connectivity index is 2.32. The standard InChI is InChI=1S/C17H24N4O3S2/c1-6-21(7-2)26(23,24)14-10-13(9-8-12(14)5)15(22)18-17-20-19-16(25-17)11(3)4/h8-11H,6-7H2,1-5H3,(H,18,20,22). The second-order valence-corrected chi connectivity index (χ2v) is 9.04. The van der Waals surface area contributed by atoms with Gasteiger partial charge in [-0.05, 0) is 24.6 Å². The van der Waals surface area contributed by atoms with Crippen molar-refractivity contribution < 1.29 is 13.2 Å². The summed E-state index contributed by atoms with van der Waals surface area (Å²) >= 11 is 1.31. The summed E-state index contributed by atoms with van der Waals surface area (Å²) in [7, 11) is -3.64. The lowest BCUT2D eigenvalue weighted by atomic mass is 10.1. The van der Waals surface area contributed by atoms with E-state index in [1.54, 1.807) is 32.9 Å². The molecule has 0 aliphatic heterocycles. The van der Waals surface area contributed by atoms with E-state index in [9.17, 15) is 13.2 Å². The summed E-state index contributed by atoms with van der Waals surface area (Å²) in [6, 6.07) is 4.67. The number of hydrogen-bond acceptors (Lipinski definition) is 6. The molecule has 0 spiro atoms. The van der Waals surface area contributed by atoms with Crippen LogP contribution in [0.1, 0.15) is 54.5 Å². The van der Waals surface area contributed by atoms with Crippen LogP contribution < -0.4 is 5.32 Å². The SMILES string of the molecule is CCN(CC)S(=O)(=O)c1cc(C(=O)Nc2nnc(C(C)C)s2)ccc1C. The van der Waals surface area contributed by atoms with Crippen molar-refractivity contribution in [2.45, 2.75) is 45.4 Å². The maximum absolute atomic E-state index is 12.8. The normalized spacial score (nSPS) is 12.0. The number of aryl methyl sites for hydroxylation is 1. The molecule has 7 nitrogen and oxygen atoms in total. The molecule has 0 radical (unpaired) electrons. The van der Waals surface area contributed by atoms with E-state index >= 15 is 0 Å². The maximum atomic E-state index is 12.8. The van der Waals surface area contributed by atoms with Crippen molar-refractivity contribution in [3.8, 4) is 0 Å². The Morgan fingerprint density at radius 1 is 1.23 bits per heavy atom. The molecule has 0 saturated heterocycles. The van der Waals surface area contributed by atoms with Gasteiger partial charge in [-0.3, -0.25) is 10.1 Å². The monoisotopic (exact) mass is 396 g/mol. The number of benzene rings is 1. The number of sulfonamides is 1. The van der Waals surface area contributed by atoms with Gasteiger partial charge in [-0.15, -0.1) is 10.2 Å². The van der Waals surface area contributed by atoms with Gasteiger partial charge in [0, 0.05) is 24.6 Å². The van der Waals surface area contributed by atoms with Gasteiger partial charge in [0.25, 0.3) is 5.91 Å². The van der Waals surface area contributed by atoms with Crippen LogP contribution in [-0.4, -0.2) is 41.9 Å². The fourth-order valence-electron chi connectivity index (χ4n) is 2.41. The van der Waals surface area contributed by atoms with Gasteiger partial charge in [0.15, 0.2) is 0 Å². The van der Waals surface area contributed by atoms with Crippen LogP contribution in [-0.2, 0) is 10.0 Å².